The lowest BCUT2D eigenvalue weighted by molar-refractivity contribution is -0.170. The number of rotatable bonds is 12. The Morgan fingerprint density at radius 1 is 0.738 bits per heavy atom. The maximum atomic E-state index is 10.3. The van der Waals surface area contributed by atoms with E-state index in [1.54, 1.807) is 0 Å². The molecule has 1 fully saturated rings. The monoisotopic (exact) mass is 595 g/mol. The average Bonchev–Trinajstić information content (AvgIpc) is 3.48. The Morgan fingerprint density at radius 3 is 1.69 bits per heavy atom. The predicted octanol–water partition coefficient (Wildman–Crippen LogP) is 5.07. The van der Waals surface area contributed by atoms with E-state index in [0.717, 1.165) is 46.2 Å². The molecule has 1 saturated heterocycles. The first-order chi connectivity index (χ1) is 20.1. The second-order valence-electron chi connectivity index (χ2n) is 9.82. The van der Waals surface area contributed by atoms with Gasteiger partial charge in [-0.15, -0.1) is 0 Å². The molecule has 4 rings (SSSR count). The SMILES string of the molecule is Cl/C(=C(/c1ccccc1)c1ccc(OCCN2CCCC2)cc1)c1ccccc1.O=C(O)CC(O)(CC(=O)O)C(=O)O. The lowest BCUT2D eigenvalue weighted by atomic mass is 9.95. The highest BCUT2D eigenvalue weighted by Crippen LogP contribution is 2.35. The lowest BCUT2D eigenvalue weighted by Gasteiger charge is -2.18. The van der Waals surface area contributed by atoms with E-state index in [0.29, 0.717) is 0 Å². The van der Waals surface area contributed by atoms with E-state index in [2.05, 4.69) is 29.2 Å². The molecule has 0 atom stereocenters. The molecule has 0 unspecified atom stereocenters. The van der Waals surface area contributed by atoms with Gasteiger partial charge in [0.25, 0.3) is 0 Å². The Bertz CT molecular complexity index is 1340. The quantitative estimate of drug-likeness (QED) is 0.211. The third-order valence-electron chi connectivity index (χ3n) is 6.61. The molecule has 0 bridgehead atoms. The van der Waals surface area contributed by atoms with Gasteiger partial charge in [0, 0.05) is 12.1 Å². The number of benzene rings is 3. The predicted molar refractivity (Wildman–Crippen MR) is 159 cm³/mol. The summed E-state index contributed by atoms with van der Waals surface area (Å²) in [7, 11) is 0. The van der Waals surface area contributed by atoms with E-state index in [1.807, 2.05) is 60.7 Å². The van der Waals surface area contributed by atoms with Crippen LogP contribution >= 0.6 is 11.6 Å². The molecule has 222 valence electrons. The van der Waals surface area contributed by atoms with Gasteiger partial charge in [0.15, 0.2) is 5.60 Å². The smallest absolute Gasteiger partial charge is 0.336 e. The van der Waals surface area contributed by atoms with Crippen molar-refractivity contribution in [1.29, 1.82) is 0 Å². The third-order valence-corrected chi connectivity index (χ3v) is 7.02. The summed E-state index contributed by atoms with van der Waals surface area (Å²) in [6, 6.07) is 28.7. The van der Waals surface area contributed by atoms with Crippen LogP contribution < -0.4 is 4.74 Å². The molecule has 0 amide bonds. The van der Waals surface area contributed by atoms with Crippen LogP contribution in [0.4, 0.5) is 0 Å². The van der Waals surface area contributed by atoms with Crippen molar-refractivity contribution in [3.8, 4) is 5.75 Å². The van der Waals surface area contributed by atoms with E-state index in [1.165, 1.54) is 25.9 Å². The van der Waals surface area contributed by atoms with E-state index in [-0.39, 0.29) is 0 Å². The van der Waals surface area contributed by atoms with Crippen molar-refractivity contribution in [3.63, 3.8) is 0 Å². The van der Waals surface area contributed by atoms with Crippen molar-refractivity contribution in [2.75, 3.05) is 26.2 Å². The number of likely N-dealkylation sites (tertiary alicyclic amines) is 1. The van der Waals surface area contributed by atoms with Crippen LogP contribution in [-0.4, -0.2) is 75.1 Å². The van der Waals surface area contributed by atoms with Gasteiger partial charge in [-0.3, -0.25) is 14.5 Å². The molecule has 0 radical (unpaired) electrons. The first kappa shape index (κ1) is 32.3. The van der Waals surface area contributed by atoms with Crippen LogP contribution in [0.5, 0.6) is 5.75 Å². The fourth-order valence-electron chi connectivity index (χ4n) is 4.48. The molecule has 42 heavy (non-hydrogen) atoms. The normalized spacial score (nSPS) is 13.9. The van der Waals surface area contributed by atoms with Crippen molar-refractivity contribution in [1.82, 2.24) is 4.90 Å². The van der Waals surface area contributed by atoms with Gasteiger partial charge in [0.1, 0.15) is 12.4 Å². The van der Waals surface area contributed by atoms with Crippen molar-refractivity contribution in [3.05, 3.63) is 102 Å². The topological polar surface area (TPSA) is 145 Å². The summed E-state index contributed by atoms with van der Waals surface area (Å²) in [6.07, 6.45) is 0.334. The van der Waals surface area contributed by atoms with Crippen molar-refractivity contribution < 1.29 is 39.5 Å². The lowest BCUT2D eigenvalue weighted by Crippen LogP contribution is -2.42. The van der Waals surface area contributed by atoms with Crippen LogP contribution in [0.25, 0.3) is 10.6 Å². The zero-order valence-electron chi connectivity index (χ0n) is 23.0. The highest BCUT2D eigenvalue weighted by atomic mass is 35.5. The van der Waals surface area contributed by atoms with Gasteiger partial charge in [-0.1, -0.05) is 84.4 Å². The zero-order chi connectivity index (χ0) is 30.5. The molecular weight excluding hydrogens is 562 g/mol. The Morgan fingerprint density at radius 2 is 1.21 bits per heavy atom. The first-order valence-corrected chi connectivity index (χ1v) is 13.8. The van der Waals surface area contributed by atoms with Gasteiger partial charge in [-0.05, 0) is 54.8 Å². The summed E-state index contributed by atoms with van der Waals surface area (Å²) in [5, 5.41) is 34.6. The summed E-state index contributed by atoms with van der Waals surface area (Å²) in [4.78, 5) is 32.9. The molecule has 3 aromatic rings. The molecule has 9 nitrogen and oxygen atoms in total. The maximum Gasteiger partial charge on any atom is 0.336 e. The largest absolute Gasteiger partial charge is 0.492 e. The summed E-state index contributed by atoms with van der Waals surface area (Å²) >= 11 is 6.88. The molecular formula is C32H34ClNO8. The summed E-state index contributed by atoms with van der Waals surface area (Å²) in [5.74, 6) is -4.12. The molecule has 0 aromatic heterocycles. The van der Waals surface area contributed by atoms with Crippen LogP contribution in [0.3, 0.4) is 0 Å². The Hall–Kier alpha value is -4.18. The van der Waals surface area contributed by atoms with Gasteiger partial charge in [0.2, 0.25) is 0 Å². The highest BCUT2D eigenvalue weighted by molar-refractivity contribution is 6.53. The Balaban J connectivity index is 0.000000316. The van der Waals surface area contributed by atoms with E-state index >= 15 is 0 Å². The Labute approximate surface area is 249 Å². The third kappa shape index (κ3) is 9.73. The molecule has 1 heterocycles. The van der Waals surface area contributed by atoms with E-state index < -0.39 is 36.4 Å². The van der Waals surface area contributed by atoms with Crippen LogP contribution in [0.1, 0.15) is 42.4 Å². The highest BCUT2D eigenvalue weighted by Gasteiger charge is 2.40. The summed E-state index contributed by atoms with van der Waals surface area (Å²) < 4.78 is 5.96. The summed E-state index contributed by atoms with van der Waals surface area (Å²) in [5.41, 5.74) is 1.49. The van der Waals surface area contributed by atoms with Gasteiger partial charge >= 0.3 is 17.9 Å². The van der Waals surface area contributed by atoms with Crippen LogP contribution in [0.2, 0.25) is 0 Å². The molecule has 0 spiro atoms. The Kier molecular flexibility index (Phi) is 12.1. The molecule has 1 aliphatic rings. The van der Waals surface area contributed by atoms with Gasteiger partial charge in [0.05, 0.1) is 17.9 Å². The number of hydrogen-bond acceptors (Lipinski definition) is 6. The number of carbonyl (C=O) groups is 3. The summed E-state index contributed by atoms with van der Waals surface area (Å²) in [6.45, 7) is 4.12. The first-order valence-electron chi connectivity index (χ1n) is 13.4. The number of hydrogen-bond donors (Lipinski definition) is 4. The van der Waals surface area contributed by atoms with E-state index in [9.17, 15) is 14.4 Å². The van der Waals surface area contributed by atoms with Gasteiger partial charge < -0.3 is 25.2 Å². The van der Waals surface area contributed by atoms with Gasteiger partial charge in [-0.2, -0.15) is 0 Å². The standard InChI is InChI=1S/C26H26ClNO.C6H8O7/c27-26(23-11-5-2-6-12-23)25(21-9-3-1-4-10-21)22-13-15-24(16-14-22)29-20-19-28-17-7-8-18-28;7-3(8)1-6(13,5(11)12)2-4(9)10/h1-6,9-16H,7-8,17-20H2;13H,1-2H2,(H,7,8)(H,9,10)(H,11,12)/b26-25-;. The minimum absolute atomic E-state index is 0.728. The fourth-order valence-corrected chi connectivity index (χ4v) is 4.83. The van der Waals surface area contributed by atoms with Crippen LogP contribution in [-0.2, 0) is 14.4 Å². The second-order valence-corrected chi connectivity index (χ2v) is 10.2. The molecule has 0 saturated carbocycles. The zero-order valence-corrected chi connectivity index (χ0v) is 23.7. The van der Waals surface area contributed by atoms with Crippen LogP contribution in [0.15, 0.2) is 84.9 Å². The number of halogens is 1. The second kappa shape index (κ2) is 15.7. The maximum absolute atomic E-state index is 10.3. The molecule has 10 heteroatoms. The minimum atomic E-state index is -2.74. The molecule has 0 aliphatic carbocycles. The van der Waals surface area contributed by atoms with Crippen molar-refractivity contribution in [2.24, 2.45) is 0 Å². The molecule has 1 aliphatic heterocycles. The number of aliphatic carboxylic acids is 3. The van der Waals surface area contributed by atoms with Crippen molar-refractivity contribution in [2.45, 2.75) is 31.3 Å². The number of nitrogens with zero attached hydrogens (tertiary/aromatic N) is 1. The minimum Gasteiger partial charge on any atom is -0.492 e. The van der Waals surface area contributed by atoms with Crippen LogP contribution in [0, 0.1) is 0 Å². The number of aliphatic hydroxyl groups is 1. The average molecular weight is 596 g/mol. The van der Waals surface area contributed by atoms with Crippen molar-refractivity contribution >= 4 is 40.1 Å². The number of carboxylic acid groups (broad SMARTS) is 3. The number of ether oxygens (including phenoxy) is 1. The molecule has 3 aromatic carbocycles. The number of carboxylic acids is 3. The van der Waals surface area contributed by atoms with Gasteiger partial charge in [-0.25, -0.2) is 4.79 Å². The van der Waals surface area contributed by atoms with E-state index in [4.69, 9.17) is 36.8 Å². The molecule has 4 N–H and O–H groups in total. The fraction of sp³-hybridized carbons (Fsp3) is 0.281.